The number of nitrogens with zero attached hydrogens (tertiary/aromatic N) is 1. The molecule has 1 amide bonds. The molecule has 0 spiro atoms. The molecule has 0 aliphatic heterocycles. The third kappa shape index (κ3) is 3.60. The van der Waals surface area contributed by atoms with E-state index in [0.717, 1.165) is 5.56 Å². The van der Waals surface area contributed by atoms with Gasteiger partial charge in [-0.1, -0.05) is 17.7 Å². The first kappa shape index (κ1) is 15.5. The smallest absolute Gasteiger partial charge is 0.296 e. The Morgan fingerprint density at radius 3 is 2.50 bits per heavy atom. The molecule has 0 heterocycles. The molecule has 0 bridgehead atoms. The third-order valence-electron chi connectivity index (χ3n) is 3.04. The highest BCUT2D eigenvalue weighted by atomic mass is 16.6. The van der Waals surface area contributed by atoms with Gasteiger partial charge in [0.2, 0.25) is 0 Å². The molecular formula is C16H16N2O4. The summed E-state index contributed by atoms with van der Waals surface area (Å²) in [6, 6.07) is 11.3. The normalized spacial score (nSPS) is 10.1. The number of carbonyl (C=O) groups is 1. The van der Waals surface area contributed by atoms with Crippen molar-refractivity contribution in [3.8, 4) is 5.75 Å². The Morgan fingerprint density at radius 2 is 1.91 bits per heavy atom. The summed E-state index contributed by atoms with van der Waals surface area (Å²) >= 11 is 0. The van der Waals surface area contributed by atoms with E-state index < -0.39 is 10.8 Å². The van der Waals surface area contributed by atoms with Crippen LogP contribution in [0.5, 0.6) is 5.75 Å². The van der Waals surface area contributed by atoms with Crippen LogP contribution >= 0.6 is 0 Å². The number of aryl methyl sites for hydroxylation is 1. The molecule has 0 aliphatic carbocycles. The fourth-order valence-electron chi connectivity index (χ4n) is 1.92. The largest absolute Gasteiger partial charge is 0.494 e. The maximum absolute atomic E-state index is 12.1. The van der Waals surface area contributed by atoms with Crippen molar-refractivity contribution in [3.05, 3.63) is 63.7 Å². The predicted molar refractivity (Wildman–Crippen MR) is 83.4 cm³/mol. The zero-order valence-electron chi connectivity index (χ0n) is 12.3. The number of carbonyl (C=O) groups excluding carboxylic acids is 1. The summed E-state index contributed by atoms with van der Waals surface area (Å²) in [5.41, 5.74) is 1.41. The predicted octanol–water partition coefficient (Wildman–Crippen LogP) is 3.55. The number of nitro benzene ring substituents is 1. The summed E-state index contributed by atoms with van der Waals surface area (Å²) in [5.74, 6) is -0.00482. The van der Waals surface area contributed by atoms with Crippen molar-refractivity contribution in [2.24, 2.45) is 0 Å². The van der Waals surface area contributed by atoms with Crippen LogP contribution in [0.25, 0.3) is 0 Å². The highest BCUT2D eigenvalue weighted by Gasteiger charge is 2.18. The average Bonchev–Trinajstić information content (AvgIpc) is 2.49. The van der Waals surface area contributed by atoms with Crippen LogP contribution in [0.2, 0.25) is 0 Å². The van der Waals surface area contributed by atoms with Gasteiger partial charge in [-0.2, -0.15) is 0 Å². The maximum Gasteiger partial charge on any atom is 0.296 e. The molecule has 0 saturated heterocycles. The second-order valence-corrected chi connectivity index (χ2v) is 4.69. The van der Waals surface area contributed by atoms with E-state index in [1.54, 1.807) is 25.1 Å². The highest BCUT2D eigenvalue weighted by molar-refractivity contribution is 6.05. The molecule has 6 nitrogen and oxygen atoms in total. The number of hydrogen-bond donors (Lipinski definition) is 1. The molecule has 0 aromatic heterocycles. The molecule has 22 heavy (non-hydrogen) atoms. The molecule has 2 aromatic rings. The van der Waals surface area contributed by atoms with Crippen LogP contribution in [0.3, 0.4) is 0 Å². The first-order valence-corrected chi connectivity index (χ1v) is 6.80. The van der Waals surface area contributed by atoms with Crippen LogP contribution < -0.4 is 10.1 Å². The number of nitrogens with one attached hydrogen (secondary N) is 1. The summed E-state index contributed by atoms with van der Waals surface area (Å²) in [5, 5.41) is 13.7. The molecule has 0 fully saturated rings. The van der Waals surface area contributed by atoms with Gasteiger partial charge in [-0.25, -0.2) is 0 Å². The van der Waals surface area contributed by atoms with Gasteiger partial charge in [-0.3, -0.25) is 14.9 Å². The summed E-state index contributed by atoms with van der Waals surface area (Å²) in [7, 11) is 0. The van der Waals surface area contributed by atoms with Gasteiger partial charge < -0.3 is 10.1 Å². The first-order valence-electron chi connectivity index (χ1n) is 6.80. The van der Waals surface area contributed by atoms with Crippen molar-refractivity contribution in [1.82, 2.24) is 0 Å². The SMILES string of the molecule is CCOc1ccc(NC(=O)c2ccc(C)cc2)c([N+](=O)[O-])c1. The van der Waals surface area contributed by atoms with Crippen LogP contribution in [-0.2, 0) is 0 Å². The number of hydrogen-bond acceptors (Lipinski definition) is 4. The molecule has 0 saturated carbocycles. The van der Waals surface area contributed by atoms with Gasteiger partial charge in [0.15, 0.2) is 0 Å². The van der Waals surface area contributed by atoms with E-state index in [1.807, 2.05) is 19.1 Å². The van der Waals surface area contributed by atoms with Gasteiger partial charge in [-0.05, 0) is 38.1 Å². The molecule has 2 rings (SSSR count). The summed E-state index contributed by atoms with van der Waals surface area (Å²) in [6.45, 7) is 4.12. The molecule has 0 unspecified atom stereocenters. The number of benzene rings is 2. The molecule has 0 radical (unpaired) electrons. The van der Waals surface area contributed by atoms with Gasteiger partial charge in [0.25, 0.3) is 11.6 Å². The molecule has 2 aromatic carbocycles. The van der Waals surface area contributed by atoms with Crippen LogP contribution in [0.4, 0.5) is 11.4 Å². The molecule has 0 aliphatic rings. The van der Waals surface area contributed by atoms with Gasteiger partial charge in [0.1, 0.15) is 11.4 Å². The number of amides is 1. The van der Waals surface area contributed by atoms with Crippen molar-refractivity contribution in [2.45, 2.75) is 13.8 Å². The van der Waals surface area contributed by atoms with E-state index in [1.165, 1.54) is 12.1 Å². The van der Waals surface area contributed by atoms with E-state index >= 15 is 0 Å². The number of nitro groups is 1. The minimum Gasteiger partial charge on any atom is -0.494 e. The van der Waals surface area contributed by atoms with Crippen LogP contribution in [-0.4, -0.2) is 17.4 Å². The zero-order valence-corrected chi connectivity index (χ0v) is 12.3. The summed E-state index contributed by atoms with van der Waals surface area (Å²) in [4.78, 5) is 22.7. The topological polar surface area (TPSA) is 81.5 Å². The van der Waals surface area contributed by atoms with E-state index in [9.17, 15) is 14.9 Å². The van der Waals surface area contributed by atoms with Crippen molar-refractivity contribution < 1.29 is 14.5 Å². The third-order valence-corrected chi connectivity index (χ3v) is 3.04. The standard InChI is InChI=1S/C16H16N2O4/c1-3-22-13-8-9-14(15(10-13)18(20)21)17-16(19)12-6-4-11(2)5-7-12/h4-10H,3H2,1-2H3,(H,17,19). The second kappa shape index (κ2) is 6.71. The van der Waals surface area contributed by atoms with Crippen LogP contribution in [0.15, 0.2) is 42.5 Å². The van der Waals surface area contributed by atoms with Crippen molar-refractivity contribution in [1.29, 1.82) is 0 Å². The Hall–Kier alpha value is -2.89. The Kier molecular flexibility index (Phi) is 4.73. The Morgan fingerprint density at radius 1 is 1.23 bits per heavy atom. The number of rotatable bonds is 5. The van der Waals surface area contributed by atoms with Gasteiger partial charge >= 0.3 is 0 Å². The van der Waals surface area contributed by atoms with Crippen LogP contribution in [0.1, 0.15) is 22.8 Å². The van der Waals surface area contributed by atoms with E-state index in [4.69, 9.17) is 4.74 Å². The van der Waals surface area contributed by atoms with Crippen molar-refractivity contribution >= 4 is 17.3 Å². The molecule has 0 atom stereocenters. The first-order chi connectivity index (χ1) is 10.5. The second-order valence-electron chi connectivity index (χ2n) is 4.69. The monoisotopic (exact) mass is 300 g/mol. The van der Waals surface area contributed by atoms with E-state index in [-0.39, 0.29) is 11.4 Å². The lowest BCUT2D eigenvalue weighted by molar-refractivity contribution is -0.384. The Balaban J connectivity index is 2.26. The van der Waals surface area contributed by atoms with E-state index in [2.05, 4.69) is 5.32 Å². The lowest BCUT2D eigenvalue weighted by atomic mass is 10.1. The van der Waals surface area contributed by atoms with Crippen LogP contribution in [0, 0.1) is 17.0 Å². The zero-order chi connectivity index (χ0) is 16.1. The Labute approximate surface area is 127 Å². The number of anilines is 1. The molecule has 6 heteroatoms. The van der Waals surface area contributed by atoms with Crippen molar-refractivity contribution in [2.75, 3.05) is 11.9 Å². The highest BCUT2D eigenvalue weighted by Crippen LogP contribution is 2.29. The Bertz CT molecular complexity index is 696. The minimum absolute atomic E-state index is 0.138. The average molecular weight is 300 g/mol. The van der Waals surface area contributed by atoms with Gasteiger partial charge in [0.05, 0.1) is 17.6 Å². The fourth-order valence-corrected chi connectivity index (χ4v) is 1.92. The van der Waals surface area contributed by atoms with Gasteiger partial charge in [0, 0.05) is 5.56 Å². The molecule has 1 N–H and O–H groups in total. The summed E-state index contributed by atoms with van der Waals surface area (Å²) in [6.07, 6.45) is 0. The molecule has 114 valence electrons. The number of ether oxygens (including phenoxy) is 1. The quantitative estimate of drug-likeness (QED) is 0.676. The maximum atomic E-state index is 12.1. The van der Waals surface area contributed by atoms with Gasteiger partial charge in [-0.15, -0.1) is 0 Å². The fraction of sp³-hybridized carbons (Fsp3) is 0.188. The summed E-state index contributed by atoms with van der Waals surface area (Å²) < 4.78 is 5.24. The lowest BCUT2D eigenvalue weighted by Gasteiger charge is -2.08. The molecular weight excluding hydrogens is 284 g/mol. The minimum atomic E-state index is -0.548. The van der Waals surface area contributed by atoms with Crippen molar-refractivity contribution in [3.63, 3.8) is 0 Å². The lowest BCUT2D eigenvalue weighted by Crippen LogP contribution is -2.13. The van der Waals surface area contributed by atoms with E-state index in [0.29, 0.717) is 17.9 Å².